The Hall–Kier alpha value is -1.46. The van der Waals surface area contributed by atoms with E-state index in [1.54, 1.807) is 13.0 Å². The quantitative estimate of drug-likeness (QED) is 0.617. The molecule has 0 saturated carbocycles. The van der Waals surface area contributed by atoms with Gasteiger partial charge in [-0.25, -0.2) is 0 Å². The van der Waals surface area contributed by atoms with E-state index < -0.39 is 0 Å². The molecule has 86 valence electrons. The zero-order chi connectivity index (χ0) is 11.5. The SMILES string of the molecule is Cc1c(CNC2COC2)cccc1[N+](=O)[O-]. The molecule has 0 atom stereocenters. The van der Waals surface area contributed by atoms with Crippen LogP contribution < -0.4 is 5.32 Å². The van der Waals surface area contributed by atoms with Crippen LogP contribution in [0.5, 0.6) is 0 Å². The molecular weight excluding hydrogens is 208 g/mol. The van der Waals surface area contributed by atoms with Gasteiger partial charge in [0.2, 0.25) is 0 Å². The van der Waals surface area contributed by atoms with E-state index >= 15 is 0 Å². The maximum absolute atomic E-state index is 10.7. The van der Waals surface area contributed by atoms with Crippen LogP contribution in [0.25, 0.3) is 0 Å². The largest absolute Gasteiger partial charge is 0.378 e. The van der Waals surface area contributed by atoms with Crippen molar-refractivity contribution in [1.29, 1.82) is 0 Å². The number of nitrogens with one attached hydrogen (secondary N) is 1. The van der Waals surface area contributed by atoms with E-state index in [9.17, 15) is 10.1 Å². The highest BCUT2D eigenvalue weighted by Gasteiger charge is 2.18. The molecule has 1 aromatic carbocycles. The Kier molecular flexibility index (Phi) is 3.17. The van der Waals surface area contributed by atoms with Crippen molar-refractivity contribution in [2.75, 3.05) is 13.2 Å². The molecule has 0 amide bonds. The Morgan fingerprint density at radius 2 is 2.31 bits per heavy atom. The zero-order valence-corrected chi connectivity index (χ0v) is 9.10. The van der Waals surface area contributed by atoms with Gasteiger partial charge in [-0.15, -0.1) is 0 Å². The third kappa shape index (κ3) is 2.20. The standard InChI is InChI=1S/C11H14N2O3/c1-8-9(5-12-10-6-16-7-10)3-2-4-11(8)13(14)15/h2-4,10,12H,5-7H2,1H3. The van der Waals surface area contributed by atoms with Crippen molar-refractivity contribution in [1.82, 2.24) is 5.32 Å². The second-order valence-corrected chi connectivity index (χ2v) is 3.93. The molecule has 5 nitrogen and oxygen atoms in total. The Morgan fingerprint density at radius 1 is 1.56 bits per heavy atom. The number of hydrogen-bond acceptors (Lipinski definition) is 4. The van der Waals surface area contributed by atoms with E-state index in [1.807, 2.05) is 6.07 Å². The second kappa shape index (κ2) is 4.59. The van der Waals surface area contributed by atoms with E-state index in [0.29, 0.717) is 12.6 Å². The summed E-state index contributed by atoms with van der Waals surface area (Å²) < 4.78 is 5.04. The third-order valence-electron chi connectivity index (χ3n) is 2.83. The molecule has 5 heteroatoms. The van der Waals surface area contributed by atoms with Gasteiger partial charge < -0.3 is 10.1 Å². The fraction of sp³-hybridized carbons (Fsp3) is 0.455. The van der Waals surface area contributed by atoms with Gasteiger partial charge in [-0.1, -0.05) is 12.1 Å². The molecule has 0 unspecified atom stereocenters. The van der Waals surface area contributed by atoms with Crippen LogP contribution in [0.3, 0.4) is 0 Å². The maximum atomic E-state index is 10.7. The van der Waals surface area contributed by atoms with Crippen molar-refractivity contribution in [3.8, 4) is 0 Å². The molecule has 1 heterocycles. The Morgan fingerprint density at radius 3 is 2.88 bits per heavy atom. The summed E-state index contributed by atoms with van der Waals surface area (Å²) in [5.41, 5.74) is 1.89. The van der Waals surface area contributed by atoms with Crippen LogP contribution in [0.4, 0.5) is 5.69 Å². The number of nitro benzene ring substituents is 1. The maximum Gasteiger partial charge on any atom is 0.272 e. The molecule has 1 saturated heterocycles. The molecule has 0 spiro atoms. The van der Waals surface area contributed by atoms with Crippen molar-refractivity contribution in [2.24, 2.45) is 0 Å². The van der Waals surface area contributed by atoms with Crippen LogP contribution in [0.1, 0.15) is 11.1 Å². The van der Waals surface area contributed by atoms with Crippen molar-refractivity contribution in [3.63, 3.8) is 0 Å². The first kappa shape index (κ1) is 11.0. The van der Waals surface area contributed by atoms with Gasteiger partial charge in [0, 0.05) is 18.2 Å². The lowest BCUT2D eigenvalue weighted by molar-refractivity contribution is -0.385. The molecular formula is C11H14N2O3. The first-order chi connectivity index (χ1) is 7.68. The summed E-state index contributed by atoms with van der Waals surface area (Å²) >= 11 is 0. The Labute approximate surface area is 93.6 Å². The predicted molar refractivity (Wildman–Crippen MR) is 59.3 cm³/mol. The molecule has 2 rings (SSSR count). The van der Waals surface area contributed by atoms with Crippen LogP contribution in [0, 0.1) is 17.0 Å². The molecule has 1 N–H and O–H groups in total. The van der Waals surface area contributed by atoms with Gasteiger partial charge in [-0.2, -0.15) is 0 Å². The van der Waals surface area contributed by atoms with Gasteiger partial charge in [0.1, 0.15) is 0 Å². The topological polar surface area (TPSA) is 64.4 Å². The molecule has 1 aliphatic heterocycles. The van der Waals surface area contributed by atoms with Crippen LogP contribution in [0.15, 0.2) is 18.2 Å². The van der Waals surface area contributed by atoms with Gasteiger partial charge in [0.15, 0.2) is 0 Å². The van der Waals surface area contributed by atoms with E-state index in [4.69, 9.17) is 4.74 Å². The molecule has 0 aromatic heterocycles. The lowest BCUT2D eigenvalue weighted by Crippen LogP contribution is -2.45. The van der Waals surface area contributed by atoms with E-state index in [-0.39, 0.29) is 10.6 Å². The molecule has 0 radical (unpaired) electrons. The lowest BCUT2D eigenvalue weighted by atomic mass is 10.1. The van der Waals surface area contributed by atoms with E-state index in [1.165, 1.54) is 6.07 Å². The summed E-state index contributed by atoms with van der Waals surface area (Å²) in [4.78, 5) is 10.4. The summed E-state index contributed by atoms with van der Waals surface area (Å²) in [5.74, 6) is 0. The normalized spacial score (nSPS) is 15.8. The number of nitro groups is 1. The summed E-state index contributed by atoms with van der Waals surface area (Å²) in [5, 5.41) is 14.0. The predicted octanol–water partition coefficient (Wildman–Crippen LogP) is 1.39. The fourth-order valence-corrected chi connectivity index (χ4v) is 1.67. The van der Waals surface area contributed by atoms with E-state index in [0.717, 1.165) is 24.3 Å². The molecule has 0 bridgehead atoms. The van der Waals surface area contributed by atoms with Crippen molar-refractivity contribution >= 4 is 5.69 Å². The Bertz CT molecular complexity index is 402. The van der Waals surface area contributed by atoms with Gasteiger partial charge in [0.05, 0.1) is 24.2 Å². The smallest absolute Gasteiger partial charge is 0.272 e. The summed E-state index contributed by atoms with van der Waals surface area (Å²) in [7, 11) is 0. The summed E-state index contributed by atoms with van der Waals surface area (Å²) in [6.45, 7) is 3.90. The zero-order valence-electron chi connectivity index (χ0n) is 9.10. The van der Waals surface area contributed by atoms with Gasteiger partial charge in [-0.05, 0) is 12.5 Å². The van der Waals surface area contributed by atoms with Gasteiger partial charge in [-0.3, -0.25) is 10.1 Å². The number of rotatable bonds is 4. The number of benzene rings is 1. The first-order valence-corrected chi connectivity index (χ1v) is 5.22. The highest BCUT2D eigenvalue weighted by atomic mass is 16.6. The van der Waals surface area contributed by atoms with Crippen molar-refractivity contribution in [3.05, 3.63) is 39.4 Å². The highest BCUT2D eigenvalue weighted by Crippen LogP contribution is 2.21. The molecule has 16 heavy (non-hydrogen) atoms. The van der Waals surface area contributed by atoms with E-state index in [2.05, 4.69) is 5.32 Å². The summed E-state index contributed by atoms with van der Waals surface area (Å²) in [6.07, 6.45) is 0. The number of nitrogens with zero attached hydrogens (tertiary/aromatic N) is 1. The molecule has 1 aliphatic rings. The minimum Gasteiger partial charge on any atom is -0.378 e. The van der Waals surface area contributed by atoms with Crippen LogP contribution >= 0.6 is 0 Å². The average molecular weight is 222 g/mol. The van der Waals surface area contributed by atoms with Gasteiger partial charge in [0.25, 0.3) is 5.69 Å². The summed E-state index contributed by atoms with van der Waals surface area (Å²) in [6, 6.07) is 5.55. The lowest BCUT2D eigenvalue weighted by Gasteiger charge is -2.27. The number of ether oxygens (including phenoxy) is 1. The van der Waals surface area contributed by atoms with Crippen molar-refractivity contribution in [2.45, 2.75) is 19.5 Å². The monoisotopic (exact) mass is 222 g/mol. The van der Waals surface area contributed by atoms with Crippen LogP contribution in [0.2, 0.25) is 0 Å². The van der Waals surface area contributed by atoms with Crippen LogP contribution in [-0.4, -0.2) is 24.2 Å². The minimum absolute atomic E-state index is 0.184. The Balaban J connectivity index is 2.07. The average Bonchev–Trinajstić information content (AvgIpc) is 2.17. The first-order valence-electron chi connectivity index (χ1n) is 5.22. The van der Waals surface area contributed by atoms with Crippen molar-refractivity contribution < 1.29 is 9.66 Å². The van der Waals surface area contributed by atoms with Crippen LogP contribution in [-0.2, 0) is 11.3 Å². The van der Waals surface area contributed by atoms with Gasteiger partial charge >= 0.3 is 0 Å². The molecule has 1 fully saturated rings. The fourth-order valence-electron chi connectivity index (χ4n) is 1.67. The highest BCUT2D eigenvalue weighted by molar-refractivity contribution is 5.44. The third-order valence-corrected chi connectivity index (χ3v) is 2.83. The second-order valence-electron chi connectivity index (χ2n) is 3.93. The number of hydrogen-bond donors (Lipinski definition) is 1. The molecule has 1 aromatic rings. The minimum atomic E-state index is -0.342. The molecule has 0 aliphatic carbocycles.